The lowest BCUT2D eigenvalue weighted by atomic mass is 10.2. The van der Waals surface area contributed by atoms with E-state index in [9.17, 15) is 14.0 Å². The minimum Gasteiger partial charge on any atom is -0.457 e. The molecule has 1 fully saturated rings. The third-order valence-corrected chi connectivity index (χ3v) is 4.25. The summed E-state index contributed by atoms with van der Waals surface area (Å²) in [7, 11) is 0. The number of carbonyl (C=O) groups is 2. The Labute approximate surface area is 151 Å². The summed E-state index contributed by atoms with van der Waals surface area (Å²) >= 11 is 0. The summed E-state index contributed by atoms with van der Waals surface area (Å²) in [6.07, 6.45) is 2.44. The summed E-state index contributed by atoms with van der Waals surface area (Å²) in [5.41, 5.74) is 0.491. The van der Waals surface area contributed by atoms with Crippen molar-refractivity contribution in [3.05, 3.63) is 59.9 Å². The highest BCUT2D eigenvalue weighted by atomic mass is 19.1. The molecule has 5 nitrogen and oxygen atoms in total. The lowest BCUT2D eigenvalue weighted by molar-refractivity contribution is -0.129. The summed E-state index contributed by atoms with van der Waals surface area (Å²) in [4.78, 5) is 25.9. The summed E-state index contributed by atoms with van der Waals surface area (Å²) < 4.78 is 18.5. The number of ether oxygens (including phenoxy) is 1. The Morgan fingerprint density at radius 1 is 0.962 bits per heavy atom. The molecular weight excluding hydrogens is 335 g/mol. The third-order valence-electron chi connectivity index (χ3n) is 4.25. The number of benzene rings is 2. The molecule has 0 spiro atoms. The number of nitrogens with one attached hydrogen (secondary N) is 1. The van der Waals surface area contributed by atoms with E-state index in [-0.39, 0.29) is 17.6 Å². The van der Waals surface area contributed by atoms with Gasteiger partial charge in [-0.3, -0.25) is 9.59 Å². The topological polar surface area (TPSA) is 58.6 Å². The highest BCUT2D eigenvalue weighted by molar-refractivity contribution is 5.94. The quantitative estimate of drug-likeness (QED) is 0.863. The van der Waals surface area contributed by atoms with E-state index in [4.69, 9.17) is 4.74 Å². The van der Waals surface area contributed by atoms with Gasteiger partial charge in [-0.25, -0.2) is 4.39 Å². The van der Waals surface area contributed by atoms with Crippen LogP contribution >= 0.6 is 0 Å². The Morgan fingerprint density at radius 2 is 1.54 bits per heavy atom. The number of rotatable bonds is 6. The average Bonchev–Trinajstić information content (AvgIpc) is 3.19. The van der Waals surface area contributed by atoms with E-state index >= 15 is 0 Å². The number of hydrogen-bond donors (Lipinski definition) is 1. The van der Waals surface area contributed by atoms with Crippen LogP contribution in [0.1, 0.15) is 29.6 Å². The fraction of sp³-hybridized carbons (Fsp3) is 0.300. The molecule has 2 amide bonds. The molecule has 0 aliphatic carbocycles. The van der Waals surface area contributed by atoms with E-state index in [0.29, 0.717) is 30.0 Å². The minimum atomic E-state index is -0.326. The molecule has 2 aromatic rings. The SMILES string of the molecule is O=C(NCCC(=O)N1CCCC1)c1ccc(Oc2ccc(F)cc2)cc1. The van der Waals surface area contributed by atoms with Crippen LogP contribution in [0, 0.1) is 5.82 Å². The molecule has 0 radical (unpaired) electrons. The second-order valence-electron chi connectivity index (χ2n) is 6.17. The highest BCUT2D eigenvalue weighted by Gasteiger charge is 2.17. The fourth-order valence-corrected chi connectivity index (χ4v) is 2.82. The van der Waals surface area contributed by atoms with Gasteiger partial charge in [-0.1, -0.05) is 0 Å². The molecule has 1 heterocycles. The predicted molar refractivity (Wildman–Crippen MR) is 95.7 cm³/mol. The molecule has 1 saturated heterocycles. The number of nitrogens with zero attached hydrogens (tertiary/aromatic N) is 1. The first kappa shape index (κ1) is 17.9. The van der Waals surface area contributed by atoms with Gasteiger partial charge in [0, 0.05) is 31.6 Å². The maximum atomic E-state index is 12.9. The number of carbonyl (C=O) groups excluding carboxylic acids is 2. The molecule has 1 N–H and O–H groups in total. The average molecular weight is 356 g/mol. The molecule has 0 saturated carbocycles. The first-order valence-electron chi connectivity index (χ1n) is 8.71. The van der Waals surface area contributed by atoms with Crippen molar-refractivity contribution in [2.45, 2.75) is 19.3 Å². The van der Waals surface area contributed by atoms with Gasteiger partial charge >= 0.3 is 0 Å². The van der Waals surface area contributed by atoms with Gasteiger partial charge in [-0.05, 0) is 61.4 Å². The monoisotopic (exact) mass is 356 g/mol. The van der Waals surface area contributed by atoms with Gasteiger partial charge in [0.2, 0.25) is 5.91 Å². The van der Waals surface area contributed by atoms with Crippen molar-refractivity contribution in [1.82, 2.24) is 10.2 Å². The van der Waals surface area contributed by atoms with E-state index in [1.54, 1.807) is 24.3 Å². The van der Waals surface area contributed by atoms with E-state index in [2.05, 4.69) is 5.32 Å². The van der Waals surface area contributed by atoms with Crippen LogP contribution in [0.25, 0.3) is 0 Å². The van der Waals surface area contributed by atoms with Crippen molar-refractivity contribution in [3.63, 3.8) is 0 Å². The summed E-state index contributed by atoms with van der Waals surface area (Å²) in [6, 6.07) is 12.4. The van der Waals surface area contributed by atoms with Gasteiger partial charge in [0.15, 0.2) is 0 Å². The van der Waals surface area contributed by atoms with Crippen molar-refractivity contribution in [1.29, 1.82) is 0 Å². The van der Waals surface area contributed by atoms with Gasteiger partial charge in [0.1, 0.15) is 17.3 Å². The predicted octanol–water partition coefficient (Wildman–Crippen LogP) is 3.36. The Hall–Kier alpha value is -2.89. The standard InChI is InChI=1S/C20H21FN2O3/c21-16-5-9-18(10-6-16)26-17-7-3-15(4-8-17)20(25)22-12-11-19(24)23-13-1-2-14-23/h3-10H,1-2,11-14H2,(H,22,25). The van der Waals surface area contributed by atoms with Crippen LogP contribution in [0.3, 0.4) is 0 Å². The zero-order valence-corrected chi connectivity index (χ0v) is 14.4. The maximum Gasteiger partial charge on any atom is 0.251 e. The number of halogens is 1. The molecule has 6 heteroatoms. The van der Waals surface area contributed by atoms with Gasteiger partial charge in [-0.15, -0.1) is 0 Å². The molecule has 136 valence electrons. The van der Waals surface area contributed by atoms with Crippen LogP contribution < -0.4 is 10.1 Å². The van der Waals surface area contributed by atoms with E-state index in [1.807, 2.05) is 4.90 Å². The maximum absolute atomic E-state index is 12.9. The molecule has 0 atom stereocenters. The van der Waals surface area contributed by atoms with Crippen molar-refractivity contribution >= 4 is 11.8 Å². The van der Waals surface area contributed by atoms with Crippen LogP contribution in [-0.2, 0) is 4.79 Å². The van der Waals surface area contributed by atoms with Gasteiger partial charge < -0.3 is 15.0 Å². The Balaban J connectivity index is 1.47. The Kier molecular flexibility index (Phi) is 5.84. The third kappa shape index (κ3) is 4.81. The first-order chi connectivity index (χ1) is 12.6. The first-order valence-corrected chi connectivity index (χ1v) is 8.71. The zero-order chi connectivity index (χ0) is 18.4. The number of hydrogen-bond acceptors (Lipinski definition) is 3. The van der Waals surface area contributed by atoms with Crippen LogP contribution in [0.15, 0.2) is 48.5 Å². The number of likely N-dealkylation sites (tertiary alicyclic amines) is 1. The summed E-state index contributed by atoms with van der Waals surface area (Å²) in [5, 5.41) is 2.76. The van der Waals surface area contributed by atoms with Gasteiger partial charge in [0.25, 0.3) is 5.91 Å². The van der Waals surface area contributed by atoms with E-state index in [0.717, 1.165) is 25.9 Å². The molecule has 26 heavy (non-hydrogen) atoms. The lowest BCUT2D eigenvalue weighted by Gasteiger charge is -2.15. The van der Waals surface area contributed by atoms with Gasteiger partial charge in [0.05, 0.1) is 0 Å². The lowest BCUT2D eigenvalue weighted by Crippen LogP contribution is -2.32. The Bertz CT molecular complexity index is 754. The molecule has 0 unspecified atom stereocenters. The van der Waals surface area contributed by atoms with Crippen LogP contribution in [0.2, 0.25) is 0 Å². The van der Waals surface area contributed by atoms with Crippen molar-refractivity contribution in [2.75, 3.05) is 19.6 Å². The van der Waals surface area contributed by atoms with Crippen LogP contribution in [-0.4, -0.2) is 36.3 Å². The van der Waals surface area contributed by atoms with E-state index < -0.39 is 0 Å². The highest BCUT2D eigenvalue weighted by Crippen LogP contribution is 2.21. The molecule has 0 bridgehead atoms. The van der Waals surface area contributed by atoms with Crippen molar-refractivity contribution < 1.29 is 18.7 Å². The van der Waals surface area contributed by atoms with Gasteiger partial charge in [-0.2, -0.15) is 0 Å². The molecule has 1 aliphatic rings. The normalized spacial score (nSPS) is 13.5. The molecule has 0 aromatic heterocycles. The van der Waals surface area contributed by atoms with E-state index in [1.165, 1.54) is 24.3 Å². The van der Waals surface area contributed by atoms with Crippen LogP contribution in [0.4, 0.5) is 4.39 Å². The molecule has 3 rings (SSSR count). The smallest absolute Gasteiger partial charge is 0.251 e. The summed E-state index contributed by atoms with van der Waals surface area (Å²) in [5.74, 6) is 0.604. The molecule has 1 aliphatic heterocycles. The number of amides is 2. The Morgan fingerprint density at radius 3 is 2.15 bits per heavy atom. The molecular formula is C20H21FN2O3. The van der Waals surface area contributed by atoms with Crippen molar-refractivity contribution in [3.8, 4) is 11.5 Å². The van der Waals surface area contributed by atoms with Crippen LogP contribution in [0.5, 0.6) is 11.5 Å². The molecule has 2 aromatic carbocycles. The second kappa shape index (κ2) is 8.47. The van der Waals surface area contributed by atoms with Crippen molar-refractivity contribution in [2.24, 2.45) is 0 Å². The summed E-state index contributed by atoms with van der Waals surface area (Å²) in [6.45, 7) is 1.96. The minimum absolute atomic E-state index is 0.0887. The second-order valence-corrected chi connectivity index (χ2v) is 6.17. The fourth-order valence-electron chi connectivity index (χ4n) is 2.82. The largest absolute Gasteiger partial charge is 0.457 e. The zero-order valence-electron chi connectivity index (χ0n) is 14.4.